The molecule has 2 aliphatic rings. The molecule has 0 spiro atoms. The Morgan fingerprint density at radius 2 is 2.11 bits per heavy atom. The number of ether oxygens (including phenoxy) is 1. The Morgan fingerprint density at radius 1 is 1.42 bits per heavy atom. The van der Waals surface area contributed by atoms with E-state index in [4.69, 9.17) is 4.74 Å². The summed E-state index contributed by atoms with van der Waals surface area (Å²) in [6.07, 6.45) is 5.08. The molecule has 4 heteroatoms. The van der Waals surface area contributed by atoms with Gasteiger partial charge in [-0.2, -0.15) is 5.10 Å². The maximum Gasteiger partial charge on any atom is 0.162 e. The normalized spacial score (nSPS) is 39.8. The average molecular weight is 264 g/mol. The Hall–Kier alpha value is -1.03. The van der Waals surface area contributed by atoms with E-state index in [1.165, 1.54) is 6.42 Å². The summed E-state index contributed by atoms with van der Waals surface area (Å²) in [5, 5.41) is 16.0. The second-order valence-electron chi connectivity index (χ2n) is 7.12. The molecule has 4 nitrogen and oxygen atoms in total. The van der Waals surface area contributed by atoms with Crippen LogP contribution >= 0.6 is 0 Å². The number of nitrogens with zero attached hydrogens (tertiary/aromatic N) is 2. The number of methoxy groups -OCH3 is 1. The van der Waals surface area contributed by atoms with Crippen LogP contribution in [0.25, 0.3) is 0 Å². The van der Waals surface area contributed by atoms with Crippen LogP contribution in [0, 0.1) is 16.7 Å². The third-order valence-electron chi connectivity index (χ3n) is 6.04. The van der Waals surface area contributed by atoms with E-state index >= 15 is 0 Å². The summed E-state index contributed by atoms with van der Waals surface area (Å²) < 4.78 is 7.23. The van der Waals surface area contributed by atoms with Crippen LogP contribution < -0.4 is 4.74 Å². The Balaban J connectivity index is 2.24. The first-order chi connectivity index (χ1) is 8.78. The van der Waals surface area contributed by atoms with Gasteiger partial charge in [-0.1, -0.05) is 20.8 Å². The smallest absolute Gasteiger partial charge is 0.162 e. The van der Waals surface area contributed by atoms with Crippen molar-refractivity contribution in [1.82, 2.24) is 9.78 Å². The van der Waals surface area contributed by atoms with Crippen molar-refractivity contribution in [2.45, 2.75) is 45.6 Å². The SMILES string of the molecule is COc1cnn(C)c1C1(O)C2(C)CCC(C2)C1(C)C. The van der Waals surface area contributed by atoms with E-state index in [0.717, 1.165) is 18.5 Å². The maximum atomic E-state index is 11.7. The van der Waals surface area contributed by atoms with Crippen LogP contribution in [0.15, 0.2) is 6.20 Å². The zero-order chi connectivity index (χ0) is 14.1. The minimum atomic E-state index is -0.875. The van der Waals surface area contributed by atoms with Gasteiger partial charge in [0.25, 0.3) is 0 Å². The molecule has 0 saturated heterocycles. The quantitative estimate of drug-likeness (QED) is 0.892. The lowest BCUT2D eigenvalue weighted by Gasteiger charge is -2.50. The van der Waals surface area contributed by atoms with Gasteiger partial charge in [0.2, 0.25) is 0 Å². The van der Waals surface area contributed by atoms with Crippen LogP contribution in [0.1, 0.15) is 45.7 Å². The highest BCUT2D eigenvalue weighted by atomic mass is 16.5. The van der Waals surface area contributed by atoms with Crippen LogP contribution in [0.5, 0.6) is 5.75 Å². The first-order valence-corrected chi connectivity index (χ1v) is 7.07. The molecule has 1 N–H and O–H groups in total. The first kappa shape index (κ1) is 13.0. The molecule has 1 aromatic rings. The molecular weight excluding hydrogens is 240 g/mol. The van der Waals surface area contributed by atoms with Gasteiger partial charge in [0.15, 0.2) is 5.75 Å². The number of fused-ring (bicyclic) bond motifs is 2. The molecule has 0 amide bonds. The third-order valence-corrected chi connectivity index (χ3v) is 6.04. The number of hydrogen-bond donors (Lipinski definition) is 1. The summed E-state index contributed by atoms with van der Waals surface area (Å²) in [6, 6.07) is 0. The Labute approximate surface area is 114 Å². The minimum absolute atomic E-state index is 0.0811. The Bertz CT molecular complexity index is 515. The van der Waals surface area contributed by atoms with Gasteiger partial charge in [0.05, 0.1) is 13.3 Å². The van der Waals surface area contributed by atoms with Gasteiger partial charge < -0.3 is 9.84 Å². The molecule has 19 heavy (non-hydrogen) atoms. The van der Waals surface area contributed by atoms with Crippen molar-refractivity contribution in [2.75, 3.05) is 7.11 Å². The molecule has 0 radical (unpaired) electrons. The summed E-state index contributed by atoms with van der Waals surface area (Å²) in [5.41, 5.74) is -0.271. The van der Waals surface area contributed by atoms with E-state index in [2.05, 4.69) is 25.9 Å². The fraction of sp³-hybridized carbons (Fsp3) is 0.800. The average Bonchev–Trinajstić information content (AvgIpc) is 2.95. The molecule has 3 atom stereocenters. The molecule has 2 saturated carbocycles. The number of aliphatic hydroxyl groups is 1. The lowest BCUT2D eigenvalue weighted by molar-refractivity contribution is -0.156. The first-order valence-electron chi connectivity index (χ1n) is 7.07. The van der Waals surface area contributed by atoms with Gasteiger partial charge in [-0.05, 0) is 25.2 Å². The van der Waals surface area contributed by atoms with Crippen LogP contribution in [0.2, 0.25) is 0 Å². The van der Waals surface area contributed by atoms with Crippen LogP contribution in [-0.2, 0) is 12.6 Å². The van der Waals surface area contributed by atoms with Gasteiger partial charge in [0, 0.05) is 17.9 Å². The monoisotopic (exact) mass is 264 g/mol. The van der Waals surface area contributed by atoms with Gasteiger partial charge in [-0.25, -0.2) is 0 Å². The number of aryl methyl sites for hydroxylation is 1. The zero-order valence-electron chi connectivity index (χ0n) is 12.5. The fourth-order valence-corrected chi connectivity index (χ4v) is 4.83. The number of aromatic nitrogens is 2. The summed E-state index contributed by atoms with van der Waals surface area (Å²) >= 11 is 0. The van der Waals surface area contributed by atoms with Crippen molar-refractivity contribution in [3.63, 3.8) is 0 Å². The standard InChI is InChI=1S/C15H24N2O2/c1-13(2)10-6-7-14(3,8-10)15(13,18)12-11(19-5)9-16-17(12)4/h9-10,18H,6-8H2,1-5H3. The van der Waals surface area contributed by atoms with Gasteiger partial charge >= 0.3 is 0 Å². The van der Waals surface area contributed by atoms with E-state index in [0.29, 0.717) is 11.7 Å². The largest absolute Gasteiger partial charge is 0.493 e. The van der Waals surface area contributed by atoms with Crippen molar-refractivity contribution in [3.8, 4) is 5.75 Å². The Kier molecular flexibility index (Phi) is 2.42. The van der Waals surface area contributed by atoms with Crippen molar-refractivity contribution in [2.24, 2.45) is 23.8 Å². The van der Waals surface area contributed by atoms with Gasteiger partial charge in [-0.3, -0.25) is 4.68 Å². The van der Waals surface area contributed by atoms with Gasteiger partial charge in [0.1, 0.15) is 11.3 Å². The second-order valence-corrected chi connectivity index (χ2v) is 7.12. The molecule has 2 fully saturated rings. The van der Waals surface area contributed by atoms with Crippen LogP contribution in [-0.4, -0.2) is 22.0 Å². The minimum Gasteiger partial charge on any atom is -0.493 e. The topological polar surface area (TPSA) is 47.3 Å². The molecule has 3 rings (SSSR count). The van der Waals surface area contributed by atoms with Crippen molar-refractivity contribution < 1.29 is 9.84 Å². The highest BCUT2D eigenvalue weighted by molar-refractivity contribution is 5.38. The lowest BCUT2D eigenvalue weighted by atomic mass is 9.59. The summed E-state index contributed by atoms with van der Waals surface area (Å²) in [5.74, 6) is 1.27. The maximum absolute atomic E-state index is 11.7. The van der Waals surface area contributed by atoms with Crippen LogP contribution in [0.4, 0.5) is 0 Å². The van der Waals surface area contributed by atoms with Crippen molar-refractivity contribution in [1.29, 1.82) is 0 Å². The second kappa shape index (κ2) is 3.54. The van der Waals surface area contributed by atoms with E-state index in [9.17, 15) is 5.11 Å². The zero-order valence-corrected chi connectivity index (χ0v) is 12.5. The molecule has 1 heterocycles. The molecule has 1 aromatic heterocycles. The van der Waals surface area contributed by atoms with E-state index in [1.54, 1.807) is 18.0 Å². The third kappa shape index (κ3) is 1.26. The van der Waals surface area contributed by atoms with E-state index < -0.39 is 5.60 Å². The predicted molar refractivity (Wildman–Crippen MR) is 72.9 cm³/mol. The number of hydrogen-bond acceptors (Lipinski definition) is 3. The van der Waals surface area contributed by atoms with Crippen molar-refractivity contribution >= 4 is 0 Å². The molecule has 0 aromatic carbocycles. The van der Waals surface area contributed by atoms with Crippen LogP contribution in [0.3, 0.4) is 0 Å². The summed E-state index contributed by atoms with van der Waals surface area (Å²) in [6.45, 7) is 6.59. The molecule has 3 unspecified atom stereocenters. The van der Waals surface area contributed by atoms with Gasteiger partial charge in [-0.15, -0.1) is 0 Å². The predicted octanol–water partition coefficient (Wildman–Crippen LogP) is 2.46. The molecule has 2 aliphatic carbocycles. The summed E-state index contributed by atoms with van der Waals surface area (Å²) in [7, 11) is 3.54. The molecule has 0 aliphatic heterocycles. The highest BCUT2D eigenvalue weighted by Gasteiger charge is 2.70. The summed E-state index contributed by atoms with van der Waals surface area (Å²) in [4.78, 5) is 0. The lowest BCUT2D eigenvalue weighted by Crippen LogP contribution is -2.52. The van der Waals surface area contributed by atoms with E-state index in [-0.39, 0.29) is 10.8 Å². The van der Waals surface area contributed by atoms with E-state index in [1.807, 2.05) is 7.05 Å². The number of rotatable bonds is 2. The fourth-order valence-electron chi connectivity index (χ4n) is 4.83. The van der Waals surface area contributed by atoms with Crippen molar-refractivity contribution in [3.05, 3.63) is 11.9 Å². The molecule has 2 bridgehead atoms. The molecular formula is C15H24N2O2. The Morgan fingerprint density at radius 3 is 2.63 bits per heavy atom. The molecule has 106 valence electrons. The highest BCUT2D eigenvalue weighted by Crippen LogP contribution is 2.72.